The number of rotatable bonds is 14. The first-order valence-corrected chi connectivity index (χ1v) is 12.3. The SMILES string of the molecule is CCCCCCCCCCCCc1cccc(Oc2cccc(S(=O)(=O)O)c2)c1. The maximum Gasteiger partial charge on any atom is 0.294 e. The van der Waals surface area contributed by atoms with Crippen molar-refractivity contribution in [1.29, 1.82) is 0 Å². The Morgan fingerprint density at radius 1 is 0.759 bits per heavy atom. The highest BCUT2D eigenvalue weighted by Crippen LogP contribution is 2.25. The van der Waals surface area contributed by atoms with E-state index in [0.29, 0.717) is 11.5 Å². The van der Waals surface area contributed by atoms with Gasteiger partial charge in [-0.25, -0.2) is 0 Å². The normalized spacial score (nSPS) is 11.5. The minimum Gasteiger partial charge on any atom is -0.457 e. The molecule has 160 valence electrons. The molecule has 0 aliphatic rings. The average Bonchev–Trinajstić information content (AvgIpc) is 2.69. The van der Waals surface area contributed by atoms with Gasteiger partial charge in [0.05, 0.1) is 4.90 Å². The monoisotopic (exact) mass is 418 g/mol. The van der Waals surface area contributed by atoms with Crippen molar-refractivity contribution < 1.29 is 17.7 Å². The van der Waals surface area contributed by atoms with Crippen molar-refractivity contribution in [1.82, 2.24) is 0 Å². The van der Waals surface area contributed by atoms with E-state index in [4.69, 9.17) is 9.29 Å². The van der Waals surface area contributed by atoms with E-state index in [1.54, 1.807) is 12.1 Å². The number of hydrogen-bond acceptors (Lipinski definition) is 3. The van der Waals surface area contributed by atoms with Crippen molar-refractivity contribution in [2.24, 2.45) is 0 Å². The second kappa shape index (κ2) is 12.7. The molecule has 0 fully saturated rings. The smallest absolute Gasteiger partial charge is 0.294 e. The van der Waals surface area contributed by atoms with E-state index in [0.717, 1.165) is 12.8 Å². The third kappa shape index (κ3) is 9.46. The topological polar surface area (TPSA) is 63.6 Å². The fraction of sp³-hybridized carbons (Fsp3) is 0.500. The van der Waals surface area contributed by atoms with Crippen LogP contribution in [0.25, 0.3) is 0 Å². The van der Waals surface area contributed by atoms with Crippen LogP contribution in [-0.4, -0.2) is 13.0 Å². The highest BCUT2D eigenvalue weighted by atomic mass is 32.2. The van der Waals surface area contributed by atoms with Gasteiger partial charge < -0.3 is 4.74 Å². The first-order valence-electron chi connectivity index (χ1n) is 10.8. The van der Waals surface area contributed by atoms with E-state index in [2.05, 4.69) is 13.0 Å². The summed E-state index contributed by atoms with van der Waals surface area (Å²) in [5.41, 5.74) is 1.22. The molecule has 0 spiro atoms. The minimum absolute atomic E-state index is 0.170. The third-order valence-electron chi connectivity index (χ3n) is 5.06. The molecule has 0 unspecified atom stereocenters. The van der Waals surface area contributed by atoms with Crippen LogP contribution >= 0.6 is 0 Å². The number of benzene rings is 2. The molecule has 29 heavy (non-hydrogen) atoms. The molecule has 0 aliphatic carbocycles. The van der Waals surface area contributed by atoms with E-state index < -0.39 is 10.1 Å². The molecule has 0 amide bonds. The quantitative estimate of drug-likeness (QED) is 0.260. The molecular formula is C24H34O4S. The molecule has 0 saturated carbocycles. The van der Waals surface area contributed by atoms with Crippen molar-refractivity contribution in [2.45, 2.75) is 82.4 Å². The van der Waals surface area contributed by atoms with Crippen LogP contribution in [0.2, 0.25) is 0 Å². The lowest BCUT2D eigenvalue weighted by atomic mass is 10.0. The lowest BCUT2D eigenvalue weighted by molar-refractivity contribution is 0.471. The Labute approximate surface area is 176 Å². The molecule has 4 nitrogen and oxygen atoms in total. The zero-order chi connectivity index (χ0) is 21.0. The second-order valence-corrected chi connectivity index (χ2v) is 9.05. The summed E-state index contributed by atoms with van der Waals surface area (Å²) in [5.74, 6) is 1.05. The average molecular weight is 419 g/mol. The zero-order valence-electron chi connectivity index (χ0n) is 17.5. The molecule has 5 heteroatoms. The largest absolute Gasteiger partial charge is 0.457 e. The summed E-state index contributed by atoms with van der Waals surface area (Å²) in [6, 6.07) is 13.8. The van der Waals surface area contributed by atoms with E-state index in [9.17, 15) is 8.42 Å². The standard InChI is InChI=1S/C24H34O4S/c1-2-3-4-5-6-7-8-9-10-11-14-21-15-12-16-22(19-21)28-23-17-13-18-24(20-23)29(25,26)27/h12-13,15-20H,2-11,14H2,1H3,(H,25,26,27). The van der Waals surface area contributed by atoms with Gasteiger partial charge in [0.25, 0.3) is 10.1 Å². The number of ether oxygens (including phenoxy) is 1. The highest BCUT2D eigenvalue weighted by molar-refractivity contribution is 7.85. The summed E-state index contributed by atoms with van der Waals surface area (Å²) >= 11 is 0. The van der Waals surface area contributed by atoms with Crippen LogP contribution in [0.1, 0.15) is 76.7 Å². The van der Waals surface area contributed by atoms with Crippen LogP contribution < -0.4 is 4.74 Å². The summed E-state index contributed by atoms with van der Waals surface area (Å²) in [6.07, 6.45) is 14.2. The van der Waals surface area contributed by atoms with Gasteiger partial charge in [0.2, 0.25) is 0 Å². The number of hydrogen-bond donors (Lipinski definition) is 1. The van der Waals surface area contributed by atoms with Crippen molar-refractivity contribution >= 4 is 10.1 Å². The van der Waals surface area contributed by atoms with Gasteiger partial charge in [0, 0.05) is 6.07 Å². The predicted octanol–water partition coefficient (Wildman–Crippen LogP) is 7.19. The fourth-order valence-electron chi connectivity index (χ4n) is 3.42. The van der Waals surface area contributed by atoms with Crippen molar-refractivity contribution in [3.63, 3.8) is 0 Å². The Morgan fingerprint density at radius 2 is 1.31 bits per heavy atom. The van der Waals surface area contributed by atoms with Crippen LogP contribution in [-0.2, 0) is 16.5 Å². The van der Waals surface area contributed by atoms with Gasteiger partial charge in [0.1, 0.15) is 11.5 Å². The van der Waals surface area contributed by atoms with Crippen molar-refractivity contribution in [2.75, 3.05) is 0 Å². The maximum atomic E-state index is 11.3. The Kier molecular flexibility index (Phi) is 10.2. The van der Waals surface area contributed by atoms with Crippen LogP contribution in [0, 0.1) is 0 Å². The highest BCUT2D eigenvalue weighted by Gasteiger charge is 2.10. The molecule has 2 rings (SSSR count). The summed E-state index contributed by atoms with van der Waals surface area (Å²) in [6.45, 7) is 2.25. The van der Waals surface area contributed by atoms with E-state index in [1.165, 1.54) is 75.5 Å². The molecule has 2 aromatic carbocycles. The summed E-state index contributed by atoms with van der Waals surface area (Å²) in [5, 5.41) is 0. The molecule has 0 heterocycles. The molecule has 0 saturated heterocycles. The van der Waals surface area contributed by atoms with Gasteiger partial charge in [-0.2, -0.15) is 8.42 Å². The van der Waals surface area contributed by atoms with Gasteiger partial charge in [-0.3, -0.25) is 4.55 Å². The first-order chi connectivity index (χ1) is 14.0. The lowest BCUT2D eigenvalue weighted by Crippen LogP contribution is -1.98. The van der Waals surface area contributed by atoms with Crippen LogP contribution in [0.5, 0.6) is 11.5 Å². The van der Waals surface area contributed by atoms with Gasteiger partial charge >= 0.3 is 0 Å². The van der Waals surface area contributed by atoms with Gasteiger partial charge in [0.15, 0.2) is 0 Å². The third-order valence-corrected chi connectivity index (χ3v) is 5.91. The van der Waals surface area contributed by atoms with Crippen LogP contribution in [0.15, 0.2) is 53.4 Å². The van der Waals surface area contributed by atoms with Gasteiger partial charge in [-0.15, -0.1) is 0 Å². The predicted molar refractivity (Wildman–Crippen MR) is 118 cm³/mol. The Hall–Kier alpha value is -1.85. The fourth-order valence-corrected chi connectivity index (χ4v) is 3.93. The molecule has 1 N–H and O–H groups in total. The Morgan fingerprint density at radius 3 is 1.93 bits per heavy atom. The Balaban J connectivity index is 1.72. The maximum absolute atomic E-state index is 11.3. The number of aryl methyl sites for hydroxylation is 1. The summed E-state index contributed by atoms with van der Waals surface area (Å²) in [7, 11) is -4.23. The zero-order valence-corrected chi connectivity index (χ0v) is 18.3. The van der Waals surface area contributed by atoms with E-state index >= 15 is 0 Å². The molecule has 2 aromatic rings. The molecule has 0 aliphatic heterocycles. The molecule has 0 radical (unpaired) electrons. The Bertz CT molecular complexity index is 830. The molecule has 0 aromatic heterocycles. The van der Waals surface area contributed by atoms with E-state index in [1.807, 2.05) is 18.2 Å². The van der Waals surface area contributed by atoms with Crippen molar-refractivity contribution in [3.05, 3.63) is 54.1 Å². The second-order valence-electron chi connectivity index (χ2n) is 7.63. The first kappa shape index (κ1) is 23.4. The lowest BCUT2D eigenvalue weighted by Gasteiger charge is -2.09. The van der Waals surface area contributed by atoms with E-state index in [-0.39, 0.29) is 4.90 Å². The van der Waals surface area contributed by atoms with Crippen LogP contribution in [0.4, 0.5) is 0 Å². The van der Waals surface area contributed by atoms with Crippen molar-refractivity contribution in [3.8, 4) is 11.5 Å². The summed E-state index contributed by atoms with van der Waals surface area (Å²) < 4.78 is 37.5. The molecular weight excluding hydrogens is 384 g/mol. The summed E-state index contributed by atoms with van der Waals surface area (Å²) in [4.78, 5) is -0.170. The van der Waals surface area contributed by atoms with Gasteiger partial charge in [-0.05, 0) is 42.7 Å². The minimum atomic E-state index is -4.23. The van der Waals surface area contributed by atoms with Gasteiger partial charge in [-0.1, -0.05) is 82.9 Å². The number of unbranched alkanes of at least 4 members (excludes halogenated alkanes) is 9. The van der Waals surface area contributed by atoms with Crippen LogP contribution in [0.3, 0.4) is 0 Å². The molecule has 0 bridgehead atoms. The molecule has 0 atom stereocenters.